The van der Waals surface area contributed by atoms with Crippen molar-refractivity contribution in [1.29, 1.82) is 10.5 Å². The van der Waals surface area contributed by atoms with Gasteiger partial charge in [0.2, 0.25) is 0 Å². The summed E-state index contributed by atoms with van der Waals surface area (Å²) in [5.41, 5.74) is 0. The molecule has 0 N–H and O–H groups in total. The molecule has 0 amide bonds. The lowest BCUT2D eigenvalue weighted by molar-refractivity contribution is 0.221. The first kappa shape index (κ1) is 22.0. The Morgan fingerprint density at radius 1 is 0.913 bits per heavy atom. The van der Waals surface area contributed by atoms with Crippen LogP contribution in [0.4, 0.5) is 0 Å². The lowest BCUT2D eigenvalue weighted by Gasteiger charge is -2.22. The molecule has 0 aromatic rings. The molecule has 0 radical (unpaired) electrons. The summed E-state index contributed by atoms with van der Waals surface area (Å²) in [5.74, 6) is -0.545. The Hall–Kier alpha value is -0.980. The summed E-state index contributed by atoms with van der Waals surface area (Å²) in [6.07, 6.45) is 0. The Labute approximate surface area is 137 Å². The zero-order chi connectivity index (χ0) is 17.9. The van der Waals surface area contributed by atoms with E-state index in [0.29, 0.717) is 0 Å². The Kier molecular flexibility index (Phi) is 10.3. The van der Waals surface area contributed by atoms with Gasteiger partial charge in [0.25, 0.3) is 0 Å². The van der Waals surface area contributed by atoms with Crippen molar-refractivity contribution in [2.75, 3.05) is 26.4 Å². The first-order valence-electron chi connectivity index (χ1n) is 7.16. The molecule has 0 spiro atoms. The number of allylic oxidation sites excluding steroid dienone is 1. The molecule has 0 rings (SSSR count). The molecule has 0 aromatic heterocycles. The molecular weight excluding hydrogens is 342 g/mol. The van der Waals surface area contributed by atoms with Crippen LogP contribution in [0.2, 0.25) is 0 Å². The lowest BCUT2D eigenvalue weighted by atomic mass is 10.2. The molecule has 8 nitrogen and oxygen atoms in total. The molecule has 0 aromatic carbocycles. The maximum atomic E-state index is 12.9. The van der Waals surface area contributed by atoms with Gasteiger partial charge in [-0.15, -0.1) is 0 Å². The second-order valence-corrected chi connectivity index (χ2v) is 7.84. The van der Waals surface area contributed by atoms with E-state index in [-0.39, 0.29) is 31.7 Å². The van der Waals surface area contributed by atoms with E-state index in [0.717, 1.165) is 5.82 Å². The minimum atomic E-state index is -3.98. The zero-order valence-corrected chi connectivity index (χ0v) is 15.5. The van der Waals surface area contributed by atoms with Crippen molar-refractivity contribution in [2.24, 2.45) is 5.92 Å². The van der Waals surface area contributed by atoms with Gasteiger partial charge in [-0.05, 0) is 27.7 Å². The van der Waals surface area contributed by atoms with Crippen molar-refractivity contribution >= 4 is 15.2 Å². The minimum Gasteiger partial charge on any atom is -0.306 e. The average Bonchev–Trinajstić information content (AvgIpc) is 2.48. The predicted octanol–water partition coefficient (Wildman–Crippen LogP) is 4.02. The summed E-state index contributed by atoms with van der Waals surface area (Å²) in [4.78, 5) is 0. The molecule has 23 heavy (non-hydrogen) atoms. The van der Waals surface area contributed by atoms with E-state index < -0.39 is 21.1 Å². The van der Waals surface area contributed by atoms with E-state index in [1.165, 1.54) is 0 Å². The summed E-state index contributed by atoms with van der Waals surface area (Å²) >= 11 is 0. The second-order valence-electron chi connectivity index (χ2n) is 3.95. The van der Waals surface area contributed by atoms with Crippen LogP contribution in [0.3, 0.4) is 0 Å². The van der Waals surface area contributed by atoms with Gasteiger partial charge in [-0.25, -0.2) is 0 Å². The third kappa shape index (κ3) is 6.57. The summed E-state index contributed by atoms with van der Waals surface area (Å²) in [6.45, 7) is 6.56. The quantitative estimate of drug-likeness (QED) is 0.504. The summed E-state index contributed by atoms with van der Waals surface area (Å²) in [5, 5.41) is 17.9. The van der Waals surface area contributed by atoms with Gasteiger partial charge in [0.1, 0.15) is 0 Å². The third-order valence-electron chi connectivity index (χ3n) is 2.38. The van der Waals surface area contributed by atoms with Crippen molar-refractivity contribution in [3.63, 3.8) is 0 Å². The molecule has 0 aliphatic heterocycles. The smallest absolute Gasteiger partial charge is 0.306 e. The van der Waals surface area contributed by atoms with Gasteiger partial charge in [-0.1, -0.05) is 0 Å². The Morgan fingerprint density at radius 3 is 1.61 bits per heavy atom. The largest absolute Gasteiger partial charge is 0.360 e. The van der Waals surface area contributed by atoms with Crippen molar-refractivity contribution in [3.05, 3.63) is 11.1 Å². The first-order chi connectivity index (χ1) is 10.9. The second kappa shape index (κ2) is 10.7. The normalized spacial score (nSPS) is 12.9. The van der Waals surface area contributed by atoms with Gasteiger partial charge in [0.15, 0.2) is 5.92 Å². The van der Waals surface area contributed by atoms with Crippen LogP contribution in [-0.2, 0) is 27.2 Å². The van der Waals surface area contributed by atoms with Crippen LogP contribution in [0, 0.1) is 28.6 Å². The van der Waals surface area contributed by atoms with E-state index in [1.54, 1.807) is 39.8 Å². The van der Waals surface area contributed by atoms with E-state index in [1.807, 2.05) is 0 Å². The topological polar surface area (TPSA) is 119 Å². The average molecular weight is 364 g/mol. The summed E-state index contributed by atoms with van der Waals surface area (Å²) < 4.78 is 46.0. The molecule has 0 fully saturated rings. The molecule has 0 heterocycles. The van der Waals surface area contributed by atoms with Crippen LogP contribution >= 0.6 is 15.2 Å². The summed E-state index contributed by atoms with van der Waals surface area (Å²) in [6, 6.07) is 3.37. The van der Waals surface area contributed by atoms with Crippen molar-refractivity contribution in [1.82, 2.24) is 0 Å². The Morgan fingerprint density at radius 2 is 1.30 bits per heavy atom. The number of hydrogen-bond acceptors (Lipinski definition) is 8. The molecule has 0 bridgehead atoms. The third-order valence-corrected chi connectivity index (χ3v) is 6.63. The van der Waals surface area contributed by atoms with E-state index in [4.69, 9.17) is 28.6 Å². The van der Waals surface area contributed by atoms with Crippen LogP contribution in [0.25, 0.3) is 0 Å². The lowest BCUT2D eigenvalue weighted by Crippen LogP contribution is -2.07. The number of rotatable bonds is 11. The molecule has 0 aliphatic rings. The molecule has 0 saturated heterocycles. The van der Waals surface area contributed by atoms with Gasteiger partial charge >= 0.3 is 15.2 Å². The highest BCUT2D eigenvalue weighted by Gasteiger charge is 2.39. The molecule has 0 atom stereocenters. The Bertz CT molecular complexity index is 544. The summed E-state index contributed by atoms with van der Waals surface area (Å²) in [7, 11) is -7.77. The SMILES string of the molecule is CCOP(=O)(/C=C(/C(C#N)C#N)P(=O)(OCC)OCC)OCC. The minimum absolute atomic E-state index is 0.0196. The maximum Gasteiger partial charge on any atom is 0.360 e. The van der Waals surface area contributed by atoms with Crippen molar-refractivity contribution in [3.8, 4) is 12.1 Å². The fourth-order valence-corrected chi connectivity index (χ4v) is 5.52. The van der Waals surface area contributed by atoms with Crippen LogP contribution in [-0.4, -0.2) is 26.4 Å². The predicted molar refractivity (Wildman–Crippen MR) is 84.5 cm³/mol. The van der Waals surface area contributed by atoms with Crippen molar-refractivity contribution < 1.29 is 27.2 Å². The van der Waals surface area contributed by atoms with Crippen LogP contribution in [0.1, 0.15) is 27.7 Å². The number of nitrogens with zero attached hydrogens (tertiary/aromatic N) is 2. The van der Waals surface area contributed by atoms with Crippen LogP contribution in [0.15, 0.2) is 11.1 Å². The molecular formula is C13H22N2O6P2. The van der Waals surface area contributed by atoms with Crippen LogP contribution in [0.5, 0.6) is 0 Å². The zero-order valence-electron chi connectivity index (χ0n) is 13.7. The van der Waals surface area contributed by atoms with Crippen molar-refractivity contribution in [2.45, 2.75) is 27.7 Å². The van der Waals surface area contributed by atoms with E-state index in [9.17, 15) is 9.13 Å². The van der Waals surface area contributed by atoms with Gasteiger partial charge in [-0.3, -0.25) is 9.13 Å². The standard InChI is InChI=1S/C13H22N2O6P2/c1-5-18-22(16,19-6-2)11-13(12(9-14)10-15)23(17,20-7-3)21-8-4/h11-12H,5-8H2,1-4H3/b13-11-. The molecule has 0 aliphatic carbocycles. The molecule has 10 heteroatoms. The van der Waals surface area contributed by atoms with E-state index in [2.05, 4.69) is 0 Å². The Balaban J connectivity index is 6.21. The molecule has 0 unspecified atom stereocenters. The molecule has 0 saturated carbocycles. The fraction of sp³-hybridized carbons (Fsp3) is 0.692. The van der Waals surface area contributed by atoms with Gasteiger partial charge < -0.3 is 18.1 Å². The van der Waals surface area contributed by atoms with Crippen LogP contribution < -0.4 is 0 Å². The fourth-order valence-electron chi connectivity index (χ4n) is 1.62. The van der Waals surface area contributed by atoms with Gasteiger partial charge in [0, 0.05) is 5.82 Å². The molecule has 130 valence electrons. The highest BCUT2D eigenvalue weighted by Crippen LogP contribution is 2.63. The monoisotopic (exact) mass is 364 g/mol. The number of nitriles is 2. The highest BCUT2D eigenvalue weighted by atomic mass is 31.2. The van der Waals surface area contributed by atoms with E-state index >= 15 is 0 Å². The first-order valence-corrected chi connectivity index (χ1v) is 10.3. The maximum absolute atomic E-state index is 12.9. The van der Waals surface area contributed by atoms with Gasteiger partial charge in [-0.2, -0.15) is 10.5 Å². The highest BCUT2D eigenvalue weighted by molar-refractivity contribution is 7.62. The number of hydrogen-bond donors (Lipinski definition) is 0. The van der Waals surface area contributed by atoms with Gasteiger partial charge in [0.05, 0.1) is 43.9 Å².